The minimum atomic E-state index is -0.723. The van der Waals surface area contributed by atoms with Crippen molar-refractivity contribution in [3.8, 4) is 0 Å². The summed E-state index contributed by atoms with van der Waals surface area (Å²) in [5, 5.41) is 9.02. The molecule has 2 aromatic carbocycles. The van der Waals surface area contributed by atoms with Gasteiger partial charge in [0.15, 0.2) is 0 Å². The van der Waals surface area contributed by atoms with Crippen LogP contribution in [0.25, 0.3) is 0 Å². The van der Waals surface area contributed by atoms with Gasteiger partial charge >= 0.3 is 18.0 Å². The van der Waals surface area contributed by atoms with E-state index >= 15 is 0 Å². The SMILES string of the molecule is CCCN1C(=O)NC(c2cccc(NC(=O)Nc3ccc(Cl)c(Cl)c3)c2)C(C(=O)OCC)=C1C. The zero-order valence-electron chi connectivity index (χ0n) is 19.1. The Morgan fingerprint density at radius 1 is 1.06 bits per heavy atom. The molecule has 1 heterocycles. The van der Waals surface area contributed by atoms with Crippen molar-refractivity contribution in [1.29, 1.82) is 0 Å². The Bertz CT molecular complexity index is 1140. The van der Waals surface area contributed by atoms with Crippen LogP contribution >= 0.6 is 23.2 Å². The van der Waals surface area contributed by atoms with E-state index in [-0.39, 0.29) is 12.6 Å². The fourth-order valence-corrected chi connectivity index (χ4v) is 3.96. The van der Waals surface area contributed by atoms with E-state index in [0.29, 0.717) is 44.8 Å². The summed E-state index contributed by atoms with van der Waals surface area (Å²) < 4.78 is 5.27. The zero-order valence-corrected chi connectivity index (χ0v) is 20.6. The van der Waals surface area contributed by atoms with Gasteiger partial charge in [0.2, 0.25) is 0 Å². The number of nitrogens with zero attached hydrogens (tertiary/aromatic N) is 1. The lowest BCUT2D eigenvalue weighted by molar-refractivity contribution is -0.139. The summed E-state index contributed by atoms with van der Waals surface area (Å²) in [6, 6.07) is 10.1. The maximum absolute atomic E-state index is 12.8. The number of ether oxygens (including phenoxy) is 1. The Hall–Kier alpha value is -3.23. The Kier molecular flexibility index (Phi) is 8.41. The van der Waals surface area contributed by atoms with Crippen molar-refractivity contribution in [2.45, 2.75) is 33.2 Å². The van der Waals surface area contributed by atoms with Crippen LogP contribution in [0.2, 0.25) is 10.0 Å². The highest BCUT2D eigenvalue weighted by Crippen LogP contribution is 2.32. The second kappa shape index (κ2) is 11.3. The standard InChI is InChI=1S/C24H26Cl2N4O4/c1-4-11-30-14(3)20(22(31)34-5-2)21(29-24(30)33)15-7-6-8-16(12-15)27-23(32)28-17-9-10-18(25)19(26)13-17/h6-10,12-13,21H,4-5,11H2,1-3H3,(H,29,33)(H2,27,28,32). The van der Waals surface area contributed by atoms with Gasteiger partial charge < -0.3 is 20.7 Å². The molecule has 8 nitrogen and oxygen atoms in total. The van der Waals surface area contributed by atoms with Crippen LogP contribution in [0, 0.1) is 0 Å². The number of amides is 4. The second-order valence-electron chi connectivity index (χ2n) is 7.59. The summed E-state index contributed by atoms with van der Waals surface area (Å²) in [4.78, 5) is 39.6. The number of hydrogen-bond acceptors (Lipinski definition) is 4. The predicted molar refractivity (Wildman–Crippen MR) is 133 cm³/mol. The van der Waals surface area contributed by atoms with Crippen molar-refractivity contribution >= 4 is 52.6 Å². The third kappa shape index (κ3) is 5.81. The number of esters is 1. The predicted octanol–water partition coefficient (Wildman–Crippen LogP) is 5.95. The van der Waals surface area contributed by atoms with Crippen LogP contribution in [0.5, 0.6) is 0 Å². The van der Waals surface area contributed by atoms with Gasteiger partial charge in [-0.1, -0.05) is 42.3 Å². The lowest BCUT2D eigenvalue weighted by Crippen LogP contribution is -2.48. The smallest absolute Gasteiger partial charge is 0.338 e. The summed E-state index contributed by atoms with van der Waals surface area (Å²) >= 11 is 11.9. The molecule has 3 rings (SSSR count). The first kappa shape index (κ1) is 25.4. The topological polar surface area (TPSA) is 99.8 Å². The maximum Gasteiger partial charge on any atom is 0.338 e. The number of rotatable bonds is 7. The number of halogens is 2. The number of allylic oxidation sites excluding steroid dienone is 1. The number of carbonyl (C=O) groups excluding carboxylic acids is 3. The van der Waals surface area contributed by atoms with Gasteiger partial charge in [-0.25, -0.2) is 14.4 Å². The molecule has 10 heteroatoms. The zero-order chi connectivity index (χ0) is 24.8. The Labute approximate surface area is 208 Å². The fourth-order valence-electron chi connectivity index (χ4n) is 3.66. The summed E-state index contributed by atoms with van der Waals surface area (Å²) in [6.07, 6.45) is 0.735. The van der Waals surface area contributed by atoms with Crippen molar-refractivity contribution in [2.24, 2.45) is 0 Å². The van der Waals surface area contributed by atoms with Crippen LogP contribution in [0.4, 0.5) is 21.0 Å². The molecule has 0 spiro atoms. The number of benzene rings is 2. The van der Waals surface area contributed by atoms with E-state index in [4.69, 9.17) is 27.9 Å². The molecule has 2 aromatic rings. The molecule has 180 valence electrons. The highest BCUT2D eigenvalue weighted by Gasteiger charge is 2.36. The van der Waals surface area contributed by atoms with Crippen LogP contribution in [0.3, 0.4) is 0 Å². The molecule has 0 saturated heterocycles. The average Bonchev–Trinajstić information content (AvgIpc) is 2.79. The minimum Gasteiger partial charge on any atom is -0.463 e. The highest BCUT2D eigenvalue weighted by molar-refractivity contribution is 6.42. The van der Waals surface area contributed by atoms with Crippen LogP contribution in [-0.4, -0.2) is 36.1 Å². The van der Waals surface area contributed by atoms with Gasteiger partial charge in [-0.05, 0) is 56.2 Å². The molecule has 1 unspecified atom stereocenters. The molecule has 1 aliphatic rings. The van der Waals surface area contributed by atoms with E-state index in [1.807, 2.05) is 6.92 Å². The summed E-state index contributed by atoms with van der Waals surface area (Å²) in [5.74, 6) is -0.498. The molecule has 0 aliphatic carbocycles. The van der Waals surface area contributed by atoms with Crippen LogP contribution in [0.1, 0.15) is 38.8 Å². The molecule has 0 saturated carbocycles. The molecule has 4 amide bonds. The first-order valence-electron chi connectivity index (χ1n) is 10.8. The van der Waals surface area contributed by atoms with Crippen molar-refractivity contribution in [3.63, 3.8) is 0 Å². The molecule has 0 bridgehead atoms. The Morgan fingerprint density at radius 3 is 2.41 bits per heavy atom. The van der Waals surface area contributed by atoms with Crippen molar-refractivity contribution < 1.29 is 19.1 Å². The van der Waals surface area contributed by atoms with Gasteiger partial charge in [0.05, 0.1) is 28.3 Å². The molecule has 34 heavy (non-hydrogen) atoms. The molecule has 0 radical (unpaired) electrons. The number of nitrogens with one attached hydrogen (secondary N) is 3. The van der Waals surface area contributed by atoms with E-state index < -0.39 is 18.0 Å². The lowest BCUT2D eigenvalue weighted by Gasteiger charge is -2.35. The van der Waals surface area contributed by atoms with Gasteiger partial charge in [0.1, 0.15) is 0 Å². The van der Waals surface area contributed by atoms with Crippen molar-refractivity contribution in [1.82, 2.24) is 10.2 Å². The first-order chi connectivity index (χ1) is 16.2. The minimum absolute atomic E-state index is 0.209. The van der Waals surface area contributed by atoms with Crippen LogP contribution < -0.4 is 16.0 Å². The number of anilines is 2. The normalized spacial score (nSPS) is 15.6. The van der Waals surface area contributed by atoms with Crippen molar-refractivity contribution in [2.75, 3.05) is 23.8 Å². The number of urea groups is 2. The van der Waals surface area contributed by atoms with E-state index in [0.717, 1.165) is 6.42 Å². The number of hydrogen-bond donors (Lipinski definition) is 3. The molecule has 0 aromatic heterocycles. The summed E-state index contributed by atoms with van der Waals surface area (Å²) in [6.45, 7) is 6.10. The fraction of sp³-hybridized carbons (Fsp3) is 0.292. The monoisotopic (exact) mass is 504 g/mol. The molecule has 3 N–H and O–H groups in total. The van der Waals surface area contributed by atoms with E-state index in [1.54, 1.807) is 56.3 Å². The van der Waals surface area contributed by atoms with Gasteiger partial charge in [-0.2, -0.15) is 0 Å². The molecular weight excluding hydrogens is 479 g/mol. The van der Waals surface area contributed by atoms with Crippen molar-refractivity contribution in [3.05, 3.63) is 69.3 Å². The quantitative estimate of drug-likeness (QED) is 0.405. The van der Waals surface area contributed by atoms with E-state index in [2.05, 4.69) is 16.0 Å². The number of carbonyl (C=O) groups is 3. The highest BCUT2D eigenvalue weighted by atomic mass is 35.5. The Balaban J connectivity index is 1.86. The molecule has 1 atom stereocenters. The second-order valence-corrected chi connectivity index (χ2v) is 8.40. The van der Waals surface area contributed by atoms with Gasteiger partial charge in [0.25, 0.3) is 0 Å². The molecule has 0 fully saturated rings. The maximum atomic E-state index is 12.8. The summed E-state index contributed by atoms with van der Waals surface area (Å²) in [7, 11) is 0. The molecular formula is C24H26Cl2N4O4. The lowest BCUT2D eigenvalue weighted by atomic mass is 9.94. The van der Waals surface area contributed by atoms with Crippen LogP contribution in [-0.2, 0) is 9.53 Å². The summed E-state index contributed by atoms with van der Waals surface area (Å²) in [5.41, 5.74) is 2.47. The van der Waals surface area contributed by atoms with E-state index in [9.17, 15) is 14.4 Å². The van der Waals surface area contributed by atoms with Gasteiger partial charge in [-0.15, -0.1) is 0 Å². The largest absolute Gasteiger partial charge is 0.463 e. The average molecular weight is 505 g/mol. The van der Waals surface area contributed by atoms with E-state index in [1.165, 1.54) is 4.90 Å². The third-order valence-corrected chi connectivity index (χ3v) is 5.93. The Morgan fingerprint density at radius 2 is 1.76 bits per heavy atom. The molecule has 1 aliphatic heterocycles. The van der Waals surface area contributed by atoms with Gasteiger partial charge in [0, 0.05) is 23.6 Å². The third-order valence-electron chi connectivity index (χ3n) is 5.19. The van der Waals surface area contributed by atoms with Gasteiger partial charge in [-0.3, -0.25) is 4.90 Å². The van der Waals surface area contributed by atoms with Crippen LogP contribution in [0.15, 0.2) is 53.7 Å². The first-order valence-corrected chi connectivity index (χ1v) is 11.6.